The highest BCUT2D eigenvalue weighted by Crippen LogP contribution is 2.17. The van der Waals surface area contributed by atoms with E-state index in [1.165, 1.54) is 6.07 Å². The number of amides is 1. The van der Waals surface area contributed by atoms with Gasteiger partial charge in [-0.1, -0.05) is 32.0 Å². The first kappa shape index (κ1) is 17.1. The first-order chi connectivity index (χ1) is 11.0. The molecule has 0 atom stereocenters. The van der Waals surface area contributed by atoms with Gasteiger partial charge in [0.25, 0.3) is 5.91 Å². The van der Waals surface area contributed by atoms with Gasteiger partial charge in [-0.2, -0.15) is 0 Å². The fourth-order valence-corrected chi connectivity index (χ4v) is 2.36. The maximum Gasteiger partial charge on any atom is 0.261 e. The standard InChI is InChI=1S/C18H20F2N2O/c1-3-22(4-2)12-13-7-5-8-14(11-13)21-18(23)17-15(19)9-6-10-16(17)20/h5-11H,3-4,12H2,1-2H3,(H,21,23). The largest absolute Gasteiger partial charge is 0.322 e. The summed E-state index contributed by atoms with van der Waals surface area (Å²) < 4.78 is 27.3. The molecule has 1 N–H and O–H groups in total. The van der Waals surface area contributed by atoms with Gasteiger partial charge in [0.05, 0.1) is 0 Å². The van der Waals surface area contributed by atoms with Gasteiger partial charge in [-0.15, -0.1) is 0 Å². The number of benzene rings is 2. The summed E-state index contributed by atoms with van der Waals surface area (Å²) in [6.45, 7) is 6.76. The first-order valence-electron chi connectivity index (χ1n) is 7.61. The molecule has 0 bridgehead atoms. The molecule has 5 heteroatoms. The van der Waals surface area contributed by atoms with E-state index in [1.54, 1.807) is 6.07 Å². The van der Waals surface area contributed by atoms with E-state index in [0.29, 0.717) is 5.69 Å². The molecule has 122 valence electrons. The van der Waals surface area contributed by atoms with Crippen LogP contribution in [0.2, 0.25) is 0 Å². The van der Waals surface area contributed by atoms with E-state index >= 15 is 0 Å². The number of nitrogens with zero attached hydrogens (tertiary/aromatic N) is 1. The second kappa shape index (κ2) is 7.83. The Morgan fingerprint density at radius 2 is 1.65 bits per heavy atom. The number of rotatable bonds is 6. The lowest BCUT2D eigenvalue weighted by Gasteiger charge is -2.18. The summed E-state index contributed by atoms with van der Waals surface area (Å²) in [6, 6.07) is 10.6. The zero-order chi connectivity index (χ0) is 16.8. The van der Waals surface area contributed by atoms with Crippen molar-refractivity contribution < 1.29 is 13.6 Å². The van der Waals surface area contributed by atoms with Crippen LogP contribution in [0.4, 0.5) is 14.5 Å². The Morgan fingerprint density at radius 1 is 1.04 bits per heavy atom. The molecule has 1 amide bonds. The molecule has 0 fully saturated rings. The van der Waals surface area contributed by atoms with Crippen molar-refractivity contribution in [1.82, 2.24) is 4.90 Å². The number of hydrogen-bond donors (Lipinski definition) is 1. The molecule has 2 aromatic carbocycles. The summed E-state index contributed by atoms with van der Waals surface area (Å²) in [5, 5.41) is 2.55. The van der Waals surface area contributed by atoms with Crippen molar-refractivity contribution in [1.29, 1.82) is 0 Å². The van der Waals surface area contributed by atoms with E-state index in [-0.39, 0.29) is 0 Å². The molecular formula is C18H20F2N2O. The normalized spacial score (nSPS) is 10.8. The lowest BCUT2D eigenvalue weighted by molar-refractivity contribution is 0.101. The summed E-state index contributed by atoms with van der Waals surface area (Å²) in [7, 11) is 0. The Balaban J connectivity index is 2.16. The predicted molar refractivity (Wildman–Crippen MR) is 87.4 cm³/mol. The minimum absolute atomic E-state index is 0.516. The summed E-state index contributed by atoms with van der Waals surface area (Å²) in [6.07, 6.45) is 0. The predicted octanol–water partition coefficient (Wildman–Crippen LogP) is 4.06. The SMILES string of the molecule is CCN(CC)Cc1cccc(NC(=O)c2c(F)cccc2F)c1. The van der Waals surface area contributed by atoms with Crippen molar-refractivity contribution in [3.8, 4) is 0 Å². The van der Waals surface area contributed by atoms with Crippen molar-refractivity contribution >= 4 is 11.6 Å². The highest BCUT2D eigenvalue weighted by atomic mass is 19.1. The molecule has 3 nitrogen and oxygen atoms in total. The van der Waals surface area contributed by atoms with Crippen LogP contribution in [-0.4, -0.2) is 23.9 Å². The van der Waals surface area contributed by atoms with Gasteiger partial charge < -0.3 is 5.32 Å². The van der Waals surface area contributed by atoms with Crippen molar-refractivity contribution in [2.75, 3.05) is 18.4 Å². The summed E-state index contributed by atoms with van der Waals surface area (Å²) >= 11 is 0. The topological polar surface area (TPSA) is 32.3 Å². The van der Waals surface area contributed by atoms with Crippen LogP contribution in [-0.2, 0) is 6.54 Å². The monoisotopic (exact) mass is 318 g/mol. The van der Waals surface area contributed by atoms with Crippen molar-refractivity contribution in [2.45, 2.75) is 20.4 Å². The molecular weight excluding hydrogens is 298 g/mol. The Hall–Kier alpha value is -2.27. The zero-order valence-electron chi connectivity index (χ0n) is 13.3. The van der Waals surface area contributed by atoms with Crippen LogP contribution in [0.3, 0.4) is 0 Å². The van der Waals surface area contributed by atoms with Crippen LogP contribution in [0.25, 0.3) is 0 Å². The van der Waals surface area contributed by atoms with E-state index in [9.17, 15) is 13.6 Å². The second-order valence-corrected chi connectivity index (χ2v) is 5.21. The van der Waals surface area contributed by atoms with Crippen LogP contribution in [0.1, 0.15) is 29.8 Å². The van der Waals surface area contributed by atoms with Gasteiger partial charge in [-0.3, -0.25) is 9.69 Å². The van der Waals surface area contributed by atoms with Crippen LogP contribution in [0.5, 0.6) is 0 Å². The van der Waals surface area contributed by atoms with Gasteiger partial charge >= 0.3 is 0 Å². The summed E-state index contributed by atoms with van der Waals surface area (Å²) in [5.74, 6) is -2.54. The second-order valence-electron chi connectivity index (χ2n) is 5.21. The van der Waals surface area contributed by atoms with Crippen LogP contribution >= 0.6 is 0 Å². The smallest absolute Gasteiger partial charge is 0.261 e. The minimum atomic E-state index is -0.873. The van der Waals surface area contributed by atoms with Crippen LogP contribution in [0, 0.1) is 11.6 Å². The third-order valence-corrected chi connectivity index (χ3v) is 3.68. The van der Waals surface area contributed by atoms with Crippen LogP contribution in [0.15, 0.2) is 42.5 Å². The third-order valence-electron chi connectivity index (χ3n) is 3.68. The molecule has 0 spiro atoms. The molecule has 0 aliphatic rings. The molecule has 2 rings (SSSR count). The van der Waals surface area contributed by atoms with Crippen molar-refractivity contribution in [2.24, 2.45) is 0 Å². The van der Waals surface area contributed by atoms with Crippen molar-refractivity contribution in [3.63, 3.8) is 0 Å². The number of nitrogens with one attached hydrogen (secondary N) is 1. The minimum Gasteiger partial charge on any atom is -0.322 e. The lowest BCUT2D eigenvalue weighted by Crippen LogP contribution is -2.22. The van der Waals surface area contributed by atoms with E-state index in [4.69, 9.17) is 0 Å². The molecule has 0 saturated heterocycles. The molecule has 0 unspecified atom stereocenters. The lowest BCUT2D eigenvalue weighted by atomic mass is 10.1. The van der Waals surface area contributed by atoms with E-state index in [1.807, 2.05) is 18.2 Å². The third kappa shape index (κ3) is 4.36. The summed E-state index contributed by atoms with van der Waals surface area (Å²) in [5.41, 5.74) is 0.976. The Kier molecular flexibility index (Phi) is 5.82. The quantitative estimate of drug-likeness (QED) is 0.871. The Bertz CT molecular complexity index is 664. The van der Waals surface area contributed by atoms with Gasteiger partial charge in [-0.25, -0.2) is 8.78 Å². The average molecular weight is 318 g/mol. The van der Waals surface area contributed by atoms with Crippen molar-refractivity contribution in [3.05, 3.63) is 65.2 Å². The van der Waals surface area contributed by atoms with E-state index < -0.39 is 23.1 Å². The average Bonchev–Trinajstić information content (AvgIpc) is 2.52. The first-order valence-corrected chi connectivity index (χ1v) is 7.61. The number of halogens is 2. The highest BCUT2D eigenvalue weighted by molar-refractivity contribution is 6.04. The van der Waals surface area contributed by atoms with E-state index in [2.05, 4.69) is 24.1 Å². The summed E-state index contributed by atoms with van der Waals surface area (Å²) in [4.78, 5) is 14.3. The van der Waals surface area contributed by atoms with Gasteiger partial charge in [0.1, 0.15) is 17.2 Å². The highest BCUT2D eigenvalue weighted by Gasteiger charge is 2.17. The van der Waals surface area contributed by atoms with Crippen LogP contribution < -0.4 is 5.32 Å². The van der Waals surface area contributed by atoms with Gasteiger partial charge in [0.2, 0.25) is 0 Å². The maximum atomic E-state index is 13.6. The van der Waals surface area contributed by atoms with Gasteiger partial charge in [0, 0.05) is 12.2 Å². The van der Waals surface area contributed by atoms with Gasteiger partial charge in [0.15, 0.2) is 0 Å². The number of carbonyl (C=O) groups excluding carboxylic acids is 1. The molecule has 0 radical (unpaired) electrons. The molecule has 2 aromatic rings. The molecule has 0 aliphatic heterocycles. The zero-order valence-corrected chi connectivity index (χ0v) is 13.3. The number of anilines is 1. The molecule has 0 aliphatic carbocycles. The van der Waals surface area contributed by atoms with Gasteiger partial charge in [-0.05, 0) is 42.9 Å². The molecule has 0 saturated carbocycles. The fraction of sp³-hybridized carbons (Fsp3) is 0.278. The molecule has 0 heterocycles. The Morgan fingerprint density at radius 3 is 2.26 bits per heavy atom. The maximum absolute atomic E-state index is 13.6. The molecule has 0 aromatic heterocycles. The van der Waals surface area contributed by atoms with E-state index in [0.717, 1.165) is 37.3 Å². The fourth-order valence-electron chi connectivity index (χ4n) is 2.36. The Labute approximate surface area is 134 Å². The molecule has 23 heavy (non-hydrogen) atoms. The number of carbonyl (C=O) groups is 1. The number of hydrogen-bond acceptors (Lipinski definition) is 2.